The molecular weight excluding hydrogens is 398 g/mol. The van der Waals surface area contributed by atoms with Gasteiger partial charge in [0.2, 0.25) is 15.9 Å². The van der Waals surface area contributed by atoms with E-state index in [1.807, 2.05) is 0 Å². The number of sulfonamides is 1. The average molecular weight is 428 g/mol. The van der Waals surface area contributed by atoms with Crippen LogP contribution in [0.15, 0.2) is 59.5 Å². The minimum absolute atomic E-state index is 0.0413. The van der Waals surface area contributed by atoms with Crippen molar-refractivity contribution in [3.8, 4) is 0 Å². The van der Waals surface area contributed by atoms with Crippen molar-refractivity contribution in [3.63, 3.8) is 0 Å². The first kappa shape index (κ1) is 21.0. The van der Waals surface area contributed by atoms with Crippen molar-refractivity contribution in [1.82, 2.24) is 14.5 Å². The number of hydrogen-bond donors (Lipinski definition) is 1. The van der Waals surface area contributed by atoms with Crippen LogP contribution in [-0.2, 0) is 27.8 Å². The van der Waals surface area contributed by atoms with Crippen LogP contribution < -0.4 is 5.32 Å². The summed E-state index contributed by atoms with van der Waals surface area (Å²) in [5.41, 5.74) is 2.78. The van der Waals surface area contributed by atoms with Gasteiger partial charge in [-0.15, -0.1) is 0 Å². The molecule has 2 heterocycles. The predicted molar refractivity (Wildman–Crippen MR) is 116 cm³/mol. The molecule has 160 valence electrons. The van der Waals surface area contributed by atoms with Crippen molar-refractivity contribution in [1.29, 1.82) is 0 Å². The van der Waals surface area contributed by atoms with Crippen LogP contribution in [0.25, 0.3) is 0 Å². The molecule has 2 aliphatic heterocycles. The summed E-state index contributed by atoms with van der Waals surface area (Å²) in [6.07, 6.45) is 2.47. The van der Waals surface area contributed by atoms with E-state index in [0.29, 0.717) is 19.5 Å². The van der Waals surface area contributed by atoms with Gasteiger partial charge in [-0.2, -0.15) is 4.31 Å². The Morgan fingerprint density at radius 3 is 2.53 bits per heavy atom. The van der Waals surface area contributed by atoms with Crippen molar-refractivity contribution in [3.05, 3.63) is 65.7 Å². The molecule has 0 spiro atoms. The number of carbonyl (C=O) groups is 1. The molecule has 2 aromatic rings. The number of hydrogen-bond acceptors (Lipinski definition) is 4. The van der Waals surface area contributed by atoms with Crippen LogP contribution in [-0.4, -0.2) is 56.3 Å². The molecule has 1 N–H and O–H groups in total. The van der Waals surface area contributed by atoms with E-state index in [9.17, 15) is 13.2 Å². The van der Waals surface area contributed by atoms with Crippen molar-refractivity contribution < 1.29 is 13.2 Å². The molecule has 0 aromatic heterocycles. The van der Waals surface area contributed by atoms with E-state index in [1.54, 1.807) is 30.3 Å². The largest absolute Gasteiger partial charge is 0.355 e. The Kier molecular flexibility index (Phi) is 6.51. The van der Waals surface area contributed by atoms with E-state index < -0.39 is 10.0 Å². The van der Waals surface area contributed by atoms with Crippen LogP contribution in [0.3, 0.4) is 0 Å². The number of fused-ring (bicyclic) bond motifs is 1. The Labute approximate surface area is 178 Å². The fourth-order valence-electron chi connectivity index (χ4n) is 4.34. The molecule has 0 radical (unpaired) electrons. The number of amides is 1. The van der Waals surface area contributed by atoms with Crippen LogP contribution in [0.2, 0.25) is 0 Å². The molecule has 0 aliphatic carbocycles. The molecule has 1 atom stereocenters. The Morgan fingerprint density at radius 1 is 1.00 bits per heavy atom. The first-order valence-electron chi connectivity index (χ1n) is 10.7. The smallest absolute Gasteiger partial charge is 0.243 e. The number of benzene rings is 2. The summed E-state index contributed by atoms with van der Waals surface area (Å²) in [5.74, 6) is -0.334. The quantitative estimate of drug-likeness (QED) is 0.768. The molecule has 6 nitrogen and oxygen atoms in total. The molecule has 30 heavy (non-hydrogen) atoms. The molecule has 2 aromatic carbocycles. The zero-order chi connectivity index (χ0) is 21.0. The Bertz CT molecular complexity index is 978. The normalized spacial score (nSPS) is 20.5. The van der Waals surface area contributed by atoms with Gasteiger partial charge >= 0.3 is 0 Å². The molecule has 7 heteroatoms. The minimum atomic E-state index is -3.55. The second-order valence-electron chi connectivity index (χ2n) is 8.10. The Morgan fingerprint density at radius 2 is 1.73 bits per heavy atom. The molecule has 1 amide bonds. The van der Waals surface area contributed by atoms with Crippen LogP contribution in [0.5, 0.6) is 0 Å². The highest BCUT2D eigenvalue weighted by Gasteiger charge is 2.33. The lowest BCUT2D eigenvalue weighted by atomic mass is 9.98. The van der Waals surface area contributed by atoms with Gasteiger partial charge in [-0.3, -0.25) is 9.69 Å². The SMILES string of the molecule is O=C(NCCN1CCc2ccccc2C1)[C@@H]1CCCN(S(=O)(=O)c2ccccc2)C1. The van der Waals surface area contributed by atoms with Gasteiger partial charge in [0.25, 0.3) is 0 Å². The number of nitrogens with zero attached hydrogens (tertiary/aromatic N) is 2. The van der Waals surface area contributed by atoms with Crippen molar-refractivity contribution >= 4 is 15.9 Å². The van der Waals surface area contributed by atoms with Crippen LogP contribution >= 0.6 is 0 Å². The fourth-order valence-corrected chi connectivity index (χ4v) is 5.89. The predicted octanol–water partition coefficient (Wildman–Crippen LogP) is 2.26. The Hall–Kier alpha value is -2.22. The van der Waals surface area contributed by atoms with Gasteiger partial charge in [0.05, 0.1) is 10.8 Å². The molecule has 1 fully saturated rings. The third-order valence-electron chi connectivity index (χ3n) is 6.07. The van der Waals surface area contributed by atoms with Gasteiger partial charge in [0.1, 0.15) is 0 Å². The molecular formula is C23H29N3O3S. The van der Waals surface area contributed by atoms with E-state index in [4.69, 9.17) is 0 Å². The monoisotopic (exact) mass is 427 g/mol. The van der Waals surface area contributed by atoms with Gasteiger partial charge in [0.15, 0.2) is 0 Å². The lowest BCUT2D eigenvalue weighted by molar-refractivity contribution is -0.126. The van der Waals surface area contributed by atoms with Crippen molar-refractivity contribution in [2.45, 2.75) is 30.7 Å². The van der Waals surface area contributed by atoms with E-state index in [2.05, 4.69) is 34.5 Å². The second kappa shape index (κ2) is 9.29. The molecule has 2 aliphatic rings. The standard InChI is InChI=1S/C23H29N3O3S/c27-23(24-13-16-25-15-12-19-7-4-5-8-20(19)17-25)21-9-6-14-26(18-21)30(28,29)22-10-2-1-3-11-22/h1-5,7-8,10-11,21H,6,9,12-18H2,(H,24,27)/t21-/m1/s1. The fraction of sp³-hybridized carbons (Fsp3) is 0.435. The van der Waals surface area contributed by atoms with Gasteiger partial charge < -0.3 is 5.32 Å². The first-order chi connectivity index (χ1) is 14.5. The topological polar surface area (TPSA) is 69.7 Å². The third kappa shape index (κ3) is 4.74. The van der Waals surface area contributed by atoms with Crippen LogP contribution in [0.4, 0.5) is 0 Å². The number of rotatable bonds is 6. The van der Waals surface area contributed by atoms with Gasteiger partial charge in [-0.25, -0.2) is 8.42 Å². The number of carbonyl (C=O) groups excluding carboxylic acids is 1. The zero-order valence-electron chi connectivity index (χ0n) is 17.2. The summed E-state index contributed by atoms with van der Waals surface area (Å²) in [6, 6.07) is 17.0. The average Bonchev–Trinajstić information content (AvgIpc) is 2.79. The van der Waals surface area contributed by atoms with Crippen molar-refractivity contribution in [2.24, 2.45) is 5.92 Å². The third-order valence-corrected chi connectivity index (χ3v) is 7.95. The van der Waals surface area contributed by atoms with Crippen LogP contribution in [0, 0.1) is 5.92 Å². The summed E-state index contributed by atoms with van der Waals surface area (Å²) in [4.78, 5) is 15.3. The molecule has 4 rings (SSSR count). The molecule has 0 bridgehead atoms. The highest BCUT2D eigenvalue weighted by Crippen LogP contribution is 2.24. The zero-order valence-corrected chi connectivity index (χ0v) is 18.0. The molecule has 0 unspecified atom stereocenters. The Balaban J connectivity index is 1.28. The number of nitrogens with one attached hydrogen (secondary N) is 1. The van der Waals surface area contributed by atoms with Gasteiger partial charge in [-0.05, 0) is 42.5 Å². The van der Waals surface area contributed by atoms with Crippen LogP contribution in [0.1, 0.15) is 24.0 Å². The molecule has 1 saturated heterocycles. The highest BCUT2D eigenvalue weighted by molar-refractivity contribution is 7.89. The first-order valence-corrected chi connectivity index (χ1v) is 12.1. The minimum Gasteiger partial charge on any atom is -0.355 e. The highest BCUT2D eigenvalue weighted by atomic mass is 32.2. The maximum absolute atomic E-state index is 12.9. The van der Waals surface area contributed by atoms with Gasteiger partial charge in [-0.1, -0.05) is 42.5 Å². The van der Waals surface area contributed by atoms with E-state index in [0.717, 1.165) is 32.5 Å². The maximum atomic E-state index is 12.9. The van der Waals surface area contributed by atoms with E-state index in [1.165, 1.54) is 15.4 Å². The van der Waals surface area contributed by atoms with E-state index >= 15 is 0 Å². The molecule has 0 saturated carbocycles. The number of piperidine rings is 1. The van der Waals surface area contributed by atoms with Crippen molar-refractivity contribution in [2.75, 3.05) is 32.7 Å². The summed E-state index contributed by atoms with van der Waals surface area (Å²) >= 11 is 0. The van der Waals surface area contributed by atoms with Gasteiger partial charge in [0, 0.05) is 39.3 Å². The summed E-state index contributed by atoms with van der Waals surface area (Å²) in [7, 11) is -3.55. The summed E-state index contributed by atoms with van der Waals surface area (Å²) in [5, 5.41) is 3.03. The summed E-state index contributed by atoms with van der Waals surface area (Å²) in [6.45, 7) is 4.02. The second-order valence-corrected chi connectivity index (χ2v) is 10.0. The van der Waals surface area contributed by atoms with E-state index in [-0.39, 0.29) is 23.3 Å². The summed E-state index contributed by atoms with van der Waals surface area (Å²) < 4.78 is 27.2. The lowest BCUT2D eigenvalue weighted by Crippen LogP contribution is -2.46. The maximum Gasteiger partial charge on any atom is 0.243 e. The lowest BCUT2D eigenvalue weighted by Gasteiger charge is -2.32.